The fraction of sp³-hybridized carbons (Fsp3) is 1.00. The topological polar surface area (TPSA) is 46.2 Å². The summed E-state index contributed by atoms with van der Waals surface area (Å²) >= 11 is 1.69. The fourth-order valence-corrected chi connectivity index (χ4v) is 3.28. The van der Waals surface area contributed by atoms with E-state index in [0.29, 0.717) is 5.75 Å². The lowest BCUT2D eigenvalue weighted by Gasteiger charge is -2.20. The normalized spacial score (nSPS) is 28.3. The SMILES string of the molecule is CS(=O)(=O)C1CSCCN1. The third kappa shape index (κ3) is 2.14. The van der Waals surface area contributed by atoms with Gasteiger partial charge < -0.3 is 0 Å². The summed E-state index contributed by atoms with van der Waals surface area (Å²) in [6, 6.07) is 0. The van der Waals surface area contributed by atoms with Gasteiger partial charge in [0.15, 0.2) is 9.84 Å². The summed E-state index contributed by atoms with van der Waals surface area (Å²) in [7, 11) is -2.86. The number of hydrogen-bond donors (Lipinski definition) is 1. The Bertz CT molecular complexity index is 194. The van der Waals surface area contributed by atoms with Crippen LogP contribution >= 0.6 is 11.8 Å². The van der Waals surface area contributed by atoms with E-state index in [1.165, 1.54) is 6.26 Å². The van der Waals surface area contributed by atoms with Gasteiger partial charge in [-0.15, -0.1) is 0 Å². The van der Waals surface area contributed by atoms with E-state index in [2.05, 4.69) is 5.32 Å². The smallest absolute Gasteiger partial charge is 0.164 e. The minimum atomic E-state index is -2.86. The second-order valence-electron chi connectivity index (χ2n) is 2.35. The molecular formula is C5H11NO2S2. The highest BCUT2D eigenvalue weighted by Gasteiger charge is 2.22. The maximum absolute atomic E-state index is 10.9. The molecule has 1 N–H and O–H groups in total. The van der Waals surface area contributed by atoms with Gasteiger partial charge in [-0.1, -0.05) is 0 Å². The molecule has 1 aliphatic rings. The second kappa shape index (κ2) is 3.11. The van der Waals surface area contributed by atoms with Crippen LogP contribution in [0, 0.1) is 0 Å². The molecule has 1 fully saturated rings. The Balaban J connectivity index is 2.56. The molecule has 60 valence electrons. The van der Waals surface area contributed by atoms with Crippen molar-refractivity contribution in [2.45, 2.75) is 5.37 Å². The zero-order valence-corrected chi connectivity index (χ0v) is 7.46. The van der Waals surface area contributed by atoms with Crippen LogP contribution in [0.3, 0.4) is 0 Å². The van der Waals surface area contributed by atoms with Crippen LogP contribution in [0.5, 0.6) is 0 Å². The maximum atomic E-state index is 10.9. The molecule has 0 aromatic heterocycles. The first-order valence-corrected chi connectivity index (χ1v) is 6.21. The van der Waals surface area contributed by atoms with E-state index in [-0.39, 0.29) is 5.37 Å². The second-order valence-corrected chi connectivity index (χ2v) is 5.73. The molecule has 0 saturated carbocycles. The van der Waals surface area contributed by atoms with Gasteiger partial charge in [0.05, 0.1) is 0 Å². The van der Waals surface area contributed by atoms with Gasteiger partial charge in [-0.2, -0.15) is 11.8 Å². The van der Waals surface area contributed by atoms with Crippen molar-refractivity contribution in [3.63, 3.8) is 0 Å². The molecule has 1 aliphatic heterocycles. The first-order valence-electron chi connectivity index (χ1n) is 3.11. The van der Waals surface area contributed by atoms with Crippen molar-refractivity contribution in [2.24, 2.45) is 0 Å². The summed E-state index contributed by atoms with van der Waals surface area (Å²) in [6.45, 7) is 0.808. The fourth-order valence-electron chi connectivity index (χ4n) is 0.816. The summed E-state index contributed by atoms with van der Waals surface area (Å²) in [6.07, 6.45) is 1.27. The van der Waals surface area contributed by atoms with Gasteiger partial charge in [0.2, 0.25) is 0 Å². The molecule has 0 aromatic rings. The van der Waals surface area contributed by atoms with E-state index in [0.717, 1.165) is 12.3 Å². The van der Waals surface area contributed by atoms with Gasteiger partial charge in [-0.25, -0.2) is 8.42 Å². The number of thioether (sulfide) groups is 1. The zero-order valence-electron chi connectivity index (χ0n) is 5.83. The summed E-state index contributed by atoms with van der Waals surface area (Å²) in [5, 5.41) is 2.64. The monoisotopic (exact) mass is 181 g/mol. The molecule has 0 aliphatic carbocycles. The van der Waals surface area contributed by atoms with Crippen LogP contribution in [0.25, 0.3) is 0 Å². The highest BCUT2D eigenvalue weighted by atomic mass is 32.2. The molecular weight excluding hydrogens is 170 g/mol. The van der Waals surface area contributed by atoms with E-state index in [1.54, 1.807) is 11.8 Å². The average Bonchev–Trinajstić information content (AvgIpc) is 1.88. The Hall–Kier alpha value is 0.260. The number of hydrogen-bond acceptors (Lipinski definition) is 4. The predicted molar refractivity (Wildman–Crippen MR) is 44.0 cm³/mol. The van der Waals surface area contributed by atoms with Gasteiger partial charge in [0, 0.05) is 24.3 Å². The maximum Gasteiger partial charge on any atom is 0.164 e. The molecule has 0 spiro atoms. The van der Waals surface area contributed by atoms with Crippen LogP contribution in [0.1, 0.15) is 0 Å². The van der Waals surface area contributed by atoms with E-state index >= 15 is 0 Å². The van der Waals surface area contributed by atoms with Crippen molar-refractivity contribution in [3.8, 4) is 0 Å². The highest BCUT2D eigenvalue weighted by Crippen LogP contribution is 2.10. The summed E-state index contributed by atoms with van der Waals surface area (Å²) in [5.74, 6) is 1.71. The molecule has 1 unspecified atom stereocenters. The lowest BCUT2D eigenvalue weighted by molar-refractivity contribution is 0.570. The lowest BCUT2D eigenvalue weighted by Crippen LogP contribution is -2.42. The van der Waals surface area contributed by atoms with Crippen LogP contribution in [-0.4, -0.2) is 38.1 Å². The quantitative estimate of drug-likeness (QED) is 0.603. The first-order chi connectivity index (χ1) is 4.61. The zero-order chi connectivity index (χ0) is 7.61. The highest BCUT2D eigenvalue weighted by molar-refractivity contribution is 8.00. The molecule has 5 heteroatoms. The van der Waals surface area contributed by atoms with Crippen molar-refractivity contribution < 1.29 is 8.42 Å². The molecule has 3 nitrogen and oxygen atoms in total. The van der Waals surface area contributed by atoms with Crippen LogP contribution in [0.15, 0.2) is 0 Å². The molecule has 1 saturated heterocycles. The Kier molecular flexibility index (Phi) is 2.60. The molecule has 0 bridgehead atoms. The summed E-state index contributed by atoms with van der Waals surface area (Å²) < 4.78 is 21.8. The third-order valence-electron chi connectivity index (χ3n) is 1.40. The van der Waals surface area contributed by atoms with Crippen LogP contribution < -0.4 is 5.32 Å². The van der Waals surface area contributed by atoms with Crippen molar-refractivity contribution >= 4 is 21.6 Å². The van der Waals surface area contributed by atoms with E-state index in [1.807, 2.05) is 0 Å². The van der Waals surface area contributed by atoms with Crippen molar-refractivity contribution in [1.82, 2.24) is 5.32 Å². The number of rotatable bonds is 1. The Morgan fingerprint density at radius 1 is 1.60 bits per heavy atom. The van der Waals surface area contributed by atoms with E-state index in [9.17, 15) is 8.42 Å². The largest absolute Gasteiger partial charge is 0.300 e. The lowest BCUT2D eigenvalue weighted by atomic mass is 10.6. The van der Waals surface area contributed by atoms with Gasteiger partial charge >= 0.3 is 0 Å². The van der Waals surface area contributed by atoms with E-state index < -0.39 is 9.84 Å². The molecule has 0 aromatic carbocycles. The Morgan fingerprint density at radius 3 is 2.60 bits per heavy atom. The molecule has 1 atom stereocenters. The molecule has 1 heterocycles. The molecule has 10 heavy (non-hydrogen) atoms. The van der Waals surface area contributed by atoms with Gasteiger partial charge in [-0.05, 0) is 0 Å². The standard InChI is InChI=1S/C5H11NO2S2/c1-10(7,8)5-4-9-3-2-6-5/h5-6H,2-4H2,1H3. The van der Waals surface area contributed by atoms with Crippen LogP contribution in [0.2, 0.25) is 0 Å². The third-order valence-corrected chi connectivity index (χ3v) is 4.04. The van der Waals surface area contributed by atoms with Gasteiger partial charge in [-0.3, -0.25) is 5.32 Å². The Labute approximate surface area is 65.5 Å². The Morgan fingerprint density at radius 2 is 2.30 bits per heavy atom. The van der Waals surface area contributed by atoms with Crippen molar-refractivity contribution in [1.29, 1.82) is 0 Å². The van der Waals surface area contributed by atoms with Crippen LogP contribution in [-0.2, 0) is 9.84 Å². The molecule has 0 amide bonds. The van der Waals surface area contributed by atoms with Crippen LogP contribution in [0.4, 0.5) is 0 Å². The van der Waals surface area contributed by atoms with Gasteiger partial charge in [0.1, 0.15) is 5.37 Å². The molecule has 1 rings (SSSR count). The summed E-state index contributed by atoms with van der Waals surface area (Å²) in [4.78, 5) is 0. The van der Waals surface area contributed by atoms with E-state index in [4.69, 9.17) is 0 Å². The minimum Gasteiger partial charge on any atom is -0.300 e. The number of sulfone groups is 1. The average molecular weight is 181 g/mol. The van der Waals surface area contributed by atoms with Gasteiger partial charge in [0.25, 0.3) is 0 Å². The predicted octanol–water partition coefficient (Wildman–Crippen LogP) is -0.306. The van der Waals surface area contributed by atoms with Crippen molar-refractivity contribution in [2.75, 3.05) is 24.3 Å². The first kappa shape index (κ1) is 8.36. The minimum absolute atomic E-state index is 0.314. The number of nitrogens with one attached hydrogen (secondary N) is 1. The molecule has 0 radical (unpaired) electrons. The summed E-state index contributed by atoms with van der Waals surface area (Å²) in [5.41, 5.74) is 0. The van der Waals surface area contributed by atoms with Crippen molar-refractivity contribution in [3.05, 3.63) is 0 Å².